The molecule has 17 heavy (non-hydrogen) atoms. The Morgan fingerprint density at radius 3 is 2.71 bits per heavy atom. The molecule has 0 atom stereocenters. The van der Waals surface area contributed by atoms with Crippen molar-refractivity contribution in [2.45, 2.75) is 0 Å². The number of benzene rings is 1. The Bertz CT molecular complexity index is 568. The Labute approximate surface area is 103 Å². The molecule has 0 radical (unpaired) electrons. The molecule has 2 N–H and O–H groups in total. The summed E-state index contributed by atoms with van der Waals surface area (Å²) in [6.45, 7) is 0. The number of nitrogens with two attached hydrogens (primary N) is 1. The molecule has 6 heteroatoms. The van der Waals surface area contributed by atoms with Gasteiger partial charge in [-0.3, -0.25) is 4.68 Å². The zero-order valence-electron chi connectivity index (χ0n) is 9.37. The van der Waals surface area contributed by atoms with Gasteiger partial charge in [-0.25, -0.2) is 4.39 Å². The van der Waals surface area contributed by atoms with Crippen LogP contribution in [0.2, 0.25) is 5.02 Å². The molecule has 0 unspecified atom stereocenters. The van der Waals surface area contributed by atoms with Crippen molar-refractivity contribution in [3.63, 3.8) is 0 Å². The first-order valence-corrected chi connectivity index (χ1v) is 5.24. The first kappa shape index (κ1) is 11.7. The third-order valence-corrected chi connectivity index (χ3v) is 2.82. The van der Waals surface area contributed by atoms with E-state index in [0.29, 0.717) is 17.1 Å². The zero-order valence-corrected chi connectivity index (χ0v) is 10.1. The lowest BCUT2D eigenvalue weighted by atomic mass is 10.1. The number of aromatic nitrogens is 2. The van der Waals surface area contributed by atoms with Crippen molar-refractivity contribution in [1.29, 1.82) is 0 Å². The van der Waals surface area contributed by atoms with Crippen LogP contribution in [0.25, 0.3) is 11.1 Å². The van der Waals surface area contributed by atoms with Crippen molar-refractivity contribution in [3.8, 4) is 16.9 Å². The fourth-order valence-corrected chi connectivity index (χ4v) is 1.75. The fourth-order valence-electron chi connectivity index (χ4n) is 1.59. The van der Waals surface area contributed by atoms with Crippen LogP contribution >= 0.6 is 11.6 Å². The molecule has 0 fully saturated rings. The quantitative estimate of drug-likeness (QED) is 0.897. The van der Waals surface area contributed by atoms with Gasteiger partial charge >= 0.3 is 0 Å². The van der Waals surface area contributed by atoms with E-state index in [0.717, 1.165) is 0 Å². The van der Waals surface area contributed by atoms with Crippen LogP contribution in [0.1, 0.15) is 0 Å². The van der Waals surface area contributed by atoms with Gasteiger partial charge in [-0.1, -0.05) is 11.6 Å². The van der Waals surface area contributed by atoms with Crippen molar-refractivity contribution in [2.24, 2.45) is 7.05 Å². The summed E-state index contributed by atoms with van der Waals surface area (Å²) in [5.41, 5.74) is 6.50. The Hall–Kier alpha value is -1.75. The topological polar surface area (TPSA) is 53.1 Å². The second-order valence-corrected chi connectivity index (χ2v) is 3.91. The number of nitrogen functional groups attached to an aromatic ring is 1. The summed E-state index contributed by atoms with van der Waals surface area (Å²) in [6, 6.07) is 3.03. The van der Waals surface area contributed by atoms with Gasteiger partial charge in [0.1, 0.15) is 11.6 Å². The van der Waals surface area contributed by atoms with Crippen LogP contribution in [0.4, 0.5) is 10.2 Å². The lowest BCUT2D eigenvalue weighted by Gasteiger charge is -2.10. The van der Waals surface area contributed by atoms with Gasteiger partial charge in [0.15, 0.2) is 5.82 Å². The van der Waals surface area contributed by atoms with Crippen molar-refractivity contribution in [1.82, 2.24) is 9.78 Å². The van der Waals surface area contributed by atoms with E-state index in [1.165, 1.54) is 24.1 Å². The summed E-state index contributed by atoms with van der Waals surface area (Å²) in [4.78, 5) is 0. The van der Waals surface area contributed by atoms with Crippen LogP contribution in [0.15, 0.2) is 18.3 Å². The summed E-state index contributed by atoms with van der Waals surface area (Å²) in [6.07, 6.45) is 1.48. The Morgan fingerprint density at radius 1 is 1.47 bits per heavy atom. The molecule has 0 aliphatic rings. The van der Waals surface area contributed by atoms with Crippen LogP contribution in [0, 0.1) is 5.82 Å². The Morgan fingerprint density at radius 2 is 2.18 bits per heavy atom. The highest BCUT2D eigenvalue weighted by Crippen LogP contribution is 2.38. The molecule has 0 aliphatic carbocycles. The number of hydrogen-bond acceptors (Lipinski definition) is 3. The van der Waals surface area contributed by atoms with Crippen LogP contribution in [-0.2, 0) is 7.05 Å². The molecule has 2 rings (SSSR count). The van der Waals surface area contributed by atoms with Crippen molar-refractivity contribution < 1.29 is 9.13 Å². The predicted octanol–water partition coefficient (Wildman–Crippen LogP) is 2.47. The maximum Gasteiger partial charge on any atom is 0.153 e. The molecule has 0 spiro atoms. The third-order valence-electron chi connectivity index (χ3n) is 2.53. The predicted molar refractivity (Wildman–Crippen MR) is 64.6 cm³/mol. The van der Waals surface area contributed by atoms with Crippen LogP contribution in [-0.4, -0.2) is 16.9 Å². The summed E-state index contributed by atoms with van der Waals surface area (Å²) in [5.74, 6) is 0.154. The van der Waals surface area contributed by atoms with Gasteiger partial charge in [0.05, 0.1) is 29.5 Å². The third kappa shape index (κ3) is 1.82. The summed E-state index contributed by atoms with van der Waals surface area (Å²) < 4.78 is 20.6. The molecule has 0 bridgehead atoms. The van der Waals surface area contributed by atoms with E-state index < -0.39 is 5.82 Å². The second kappa shape index (κ2) is 4.25. The maximum absolute atomic E-state index is 14.0. The average molecular weight is 256 g/mol. The first-order chi connectivity index (χ1) is 8.06. The van der Waals surface area contributed by atoms with E-state index in [9.17, 15) is 4.39 Å². The number of aryl methyl sites for hydroxylation is 1. The first-order valence-electron chi connectivity index (χ1n) is 4.86. The lowest BCUT2D eigenvalue weighted by molar-refractivity contribution is 0.413. The molecule has 1 heterocycles. The van der Waals surface area contributed by atoms with Gasteiger partial charge in [0, 0.05) is 7.05 Å². The molecule has 0 aliphatic heterocycles. The molecule has 0 amide bonds. The molecule has 1 aromatic heterocycles. The van der Waals surface area contributed by atoms with Gasteiger partial charge in [0.25, 0.3) is 0 Å². The minimum absolute atomic E-state index is 0.0176. The van der Waals surface area contributed by atoms with E-state index in [2.05, 4.69) is 5.10 Å². The number of methoxy groups -OCH3 is 1. The highest BCUT2D eigenvalue weighted by atomic mass is 35.5. The van der Waals surface area contributed by atoms with Crippen LogP contribution < -0.4 is 10.5 Å². The largest absolute Gasteiger partial charge is 0.496 e. The molecular formula is C11H11ClFN3O. The van der Waals surface area contributed by atoms with Crippen molar-refractivity contribution in [2.75, 3.05) is 12.8 Å². The minimum Gasteiger partial charge on any atom is -0.496 e. The maximum atomic E-state index is 14.0. The standard InChI is InChI=1S/C11H11ClFN3O/c1-16-11(14)6(5-15-16)9-8(17-2)4-3-7(12)10(9)13/h3-5H,14H2,1-2H3. The summed E-state index contributed by atoms with van der Waals surface area (Å²) >= 11 is 5.75. The fraction of sp³-hybridized carbons (Fsp3) is 0.182. The molecule has 0 saturated heterocycles. The van der Waals surface area contributed by atoms with Gasteiger partial charge in [0.2, 0.25) is 0 Å². The van der Waals surface area contributed by atoms with E-state index in [-0.39, 0.29) is 10.6 Å². The number of nitrogens with zero attached hydrogens (tertiary/aromatic N) is 2. The smallest absolute Gasteiger partial charge is 0.153 e. The van der Waals surface area contributed by atoms with Gasteiger partial charge in [-0.2, -0.15) is 5.10 Å². The monoisotopic (exact) mass is 255 g/mol. The molecule has 4 nitrogen and oxygen atoms in total. The highest BCUT2D eigenvalue weighted by Gasteiger charge is 2.19. The number of rotatable bonds is 2. The Kier molecular flexibility index (Phi) is 2.93. The number of anilines is 1. The molecular weight excluding hydrogens is 245 g/mol. The van der Waals surface area contributed by atoms with Crippen molar-refractivity contribution in [3.05, 3.63) is 29.2 Å². The van der Waals surface area contributed by atoms with E-state index >= 15 is 0 Å². The van der Waals surface area contributed by atoms with Gasteiger partial charge in [-0.05, 0) is 12.1 Å². The zero-order chi connectivity index (χ0) is 12.6. The lowest BCUT2D eigenvalue weighted by Crippen LogP contribution is -1.99. The normalized spacial score (nSPS) is 10.6. The van der Waals surface area contributed by atoms with E-state index in [1.807, 2.05) is 0 Å². The highest BCUT2D eigenvalue weighted by molar-refractivity contribution is 6.31. The van der Waals surface area contributed by atoms with E-state index in [1.54, 1.807) is 13.1 Å². The minimum atomic E-state index is -0.564. The molecule has 0 saturated carbocycles. The van der Waals surface area contributed by atoms with Crippen molar-refractivity contribution >= 4 is 17.4 Å². The molecule has 1 aromatic carbocycles. The van der Waals surface area contributed by atoms with Gasteiger partial charge < -0.3 is 10.5 Å². The SMILES string of the molecule is COc1ccc(Cl)c(F)c1-c1cnn(C)c1N. The summed E-state index contributed by atoms with van der Waals surface area (Å²) in [5, 5.41) is 3.98. The van der Waals surface area contributed by atoms with Crippen LogP contribution in [0.5, 0.6) is 5.75 Å². The number of hydrogen-bond donors (Lipinski definition) is 1. The van der Waals surface area contributed by atoms with Crippen LogP contribution in [0.3, 0.4) is 0 Å². The van der Waals surface area contributed by atoms with E-state index in [4.69, 9.17) is 22.1 Å². The summed E-state index contributed by atoms with van der Waals surface area (Å²) in [7, 11) is 3.13. The molecule has 90 valence electrons. The van der Waals surface area contributed by atoms with Gasteiger partial charge in [-0.15, -0.1) is 0 Å². The average Bonchev–Trinajstić information content (AvgIpc) is 2.64. The number of ether oxygens (including phenoxy) is 1. The molecule has 2 aromatic rings. The Balaban J connectivity index is 2.73. The number of halogens is 2. The second-order valence-electron chi connectivity index (χ2n) is 3.51.